The molecule has 174 valence electrons. The van der Waals surface area contributed by atoms with Crippen molar-refractivity contribution in [3.8, 4) is 5.75 Å². The maximum atomic E-state index is 13.1. The highest BCUT2D eigenvalue weighted by Crippen LogP contribution is 2.32. The van der Waals surface area contributed by atoms with Crippen molar-refractivity contribution in [1.29, 1.82) is 0 Å². The van der Waals surface area contributed by atoms with Crippen LogP contribution in [0.15, 0.2) is 65.6 Å². The van der Waals surface area contributed by atoms with Crippen LogP contribution in [0.1, 0.15) is 35.3 Å². The Bertz CT molecular complexity index is 1260. The lowest BCUT2D eigenvalue weighted by molar-refractivity contribution is 0.102. The van der Waals surface area contributed by atoms with Crippen molar-refractivity contribution in [2.75, 3.05) is 23.8 Å². The molecule has 0 saturated heterocycles. The highest BCUT2D eigenvalue weighted by molar-refractivity contribution is 7.92. The molecule has 3 rings (SSSR count). The van der Waals surface area contributed by atoms with E-state index in [-0.39, 0.29) is 10.8 Å². The van der Waals surface area contributed by atoms with Gasteiger partial charge in [0.15, 0.2) is 0 Å². The number of methoxy groups -OCH3 is 1. The van der Waals surface area contributed by atoms with Gasteiger partial charge in [-0.15, -0.1) is 0 Å². The van der Waals surface area contributed by atoms with Crippen molar-refractivity contribution < 1.29 is 17.9 Å². The predicted octanol–water partition coefficient (Wildman–Crippen LogP) is 5.55. The number of halogens is 1. The standard InChI is InChI=1S/C25H27ClN2O4S/c1-5-17-13-16-21(26)20(6-2)24(17)27-25(29)18-11-14-19(15-12-18)33(30,31)28(3)22-9-7-8-10-23(22)32-4/h7-16H,5-6H2,1-4H3,(H,27,29). The Balaban J connectivity index is 1.87. The van der Waals surface area contributed by atoms with Gasteiger partial charge in [-0.2, -0.15) is 0 Å². The number of carbonyl (C=O) groups is 1. The Morgan fingerprint density at radius 2 is 1.67 bits per heavy atom. The number of benzene rings is 3. The lowest BCUT2D eigenvalue weighted by Gasteiger charge is -2.21. The summed E-state index contributed by atoms with van der Waals surface area (Å²) in [6.45, 7) is 3.99. The number of ether oxygens (including phenoxy) is 1. The lowest BCUT2D eigenvalue weighted by Crippen LogP contribution is -2.27. The third-order valence-corrected chi connectivity index (χ3v) is 7.65. The average molecular weight is 487 g/mol. The molecule has 0 spiro atoms. The minimum absolute atomic E-state index is 0.0682. The molecular formula is C25H27ClN2O4S. The van der Waals surface area contributed by atoms with Crippen LogP contribution in [-0.2, 0) is 22.9 Å². The first kappa shape index (κ1) is 24.6. The molecule has 0 aromatic heterocycles. The van der Waals surface area contributed by atoms with Gasteiger partial charge in [-0.05, 0) is 66.4 Å². The summed E-state index contributed by atoms with van der Waals surface area (Å²) in [4.78, 5) is 13.0. The van der Waals surface area contributed by atoms with Crippen LogP contribution < -0.4 is 14.4 Å². The Kier molecular flexibility index (Phi) is 7.66. The predicted molar refractivity (Wildman–Crippen MR) is 133 cm³/mol. The normalized spacial score (nSPS) is 11.2. The van der Waals surface area contributed by atoms with Crippen LogP contribution in [0, 0.1) is 0 Å². The van der Waals surface area contributed by atoms with Gasteiger partial charge in [0.05, 0.1) is 17.7 Å². The molecule has 0 fully saturated rings. The minimum atomic E-state index is -3.85. The first-order valence-electron chi connectivity index (χ1n) is 10.6. The second kappa shape index (κ2) is 10.3. The topological polar surface area (TPSA) is 75.7 Å². The molecule has 0 atom stereocenters. The summed E-state index contributed by atoms with van der Waals surface area (Å²) in [6.07, 6.45) is 1.42. The van der Waals surface area contributed by atoms with E-state index in [4.69, 9.17) is 16.3 Å². The Labute approximate surface area is 200 Å². The van der Waals surface area contributed by atoms with Gasteiger partial charge in [0.1, 0.15) is 5.75 Å². The molecule has 0 radical (unpaired) electrons. The number of nitrogens with zero attached hydrogens (tertiary/aromatic N) is 1. The lowest BCUT2D eigenvalue weighted by atomic mass is 10.0. The van der Waals surface area contributed by atoms with Crippen molar-refractivity contribution in [3.63, 3.8) is 0 Å². The van der Waals surface area contributed by atoms with Gasteiger partial charge in [0.25, 0.3) is 15.9 Å². The summed E-state index contributed by atoms with van der Waals surface area (Å²) in [6, 6.07) is 16.5. The Morgan fingerprint density at radius 3 is 2.27 bits per heavy atom. The highest BCUT2D eigenvalue weighted by atomic mass is 35.5. The molecule has 0 aliphatic carbocycles. The zero-order valence-corrected chi connectivity index (χ0v) is 20.6. The van der Waals surface area contributed by atoms with E-state index in [1.54, 1.807) is 24.3 Å². The second-order valence-electron chi connectivity index (χ2n) is 7.39. The SMILES string of the molecule is CCc1ccc(Cl)c(CC)c1NC(=O)c1ccc(S(=O)(=O)N(C)c2ccccc2OC)cc1. The van der Waals surface area contributed by atoms with E-state index in [1.807, 2.05) is 26.0 Å². The highest BCUT2D eigenvalue weighted by Gasteiger charge is 2.24. The van der Waals surface area contributed by atoms with Gasteiger partial charge in [-0.25, -0.2) is 8.42 Å². The molecule has 3 aromatic rings. The van der Waals surface area contributed by atoms with E-state index < -0.39 is 10.0 Å². The molecule has 0 bridgehead atoms. The van der Waals surface area contributed by atoms with Crippen LogP contribution in [-0.4, -0.2) is 28.5 Å². The van der Waals surface area contributed by atoms with Crippen LogP contribution in [0.25, 0.3) is 0 Å². The number of nitrogens with one attached hydrogen (secondary N) is 1. The van der Waals surface area contributed by atoms with Gasteiger partial charge < -0.3 is 10.1 Å². The van der Waals surface area contributed by atoms with Crippen molar-refractivity contribution in [2.45, 2.75) is 31.6 Å². The number of rotatable bonds is 8. The maximum Gasteiger partial charge on any atom is 0.264 e. The quantitative estimate of drug-likeness (QED) is 0.453. The maximum absolute atomic E-state index is 13.1. The van der Waals surface area contributed by atoms with Crippen LogP contribution in [0.5, 0.6) is 5.75 Å². The molecule has 0 saturated carbocycles. The summed E-state index contributed by atoms with van der Waals surface area (Å²) >= 11 is 6.33. The van der Waals surface area contributed by atoms with Crippen LogP contribution in [0.3, 0.4) is 0 Å². The number of anilines is 2. The molecule has 0 aliphatic rings. The monoisotopic (exact) mass is 486 g/mol. The zero-order valence-electron chi connectivity index (χ0n) is 19.1. The minimum Gasteiger partial charge on any atom is -0.495 e. The second-order valence-corrected chi connectivity index (χ2v) is 9.77. The van der Waals surface area contributed by atoms with E-state index in [2.05, 4.69) is 5.32 Å². The summed E-state index contributed by atoms with van der Waals surface area (Å²) in [5.41, 5.74) is 3.34. The molecule has 0 heterocycles. The smallest absolute Gasteiger partial charge is 0.264 e. The molecule has 0 aliphatic heterocycles. The number of sulfonamides is 1. The van der Waals surface area contributed by atoms with Crippen molar-refractivity contribution in [2.24, 2.45) is 0 Å². The van der Waals surface area contributed by atoms with E-state index in [0.29, 0.717) is 34.1 Å². The molecule has 1 amide bonds. The van der Waals surface area contributed by atoms with E-state index in [9.17, 15) is 13.2 Å². The van der Waals surface area contributed by atoms with E-state index in [0.717, 1.165) is 21.9 Å². The van der Waals surface area contributed by atoms with Crippen LogP contribution in [0.4, 0.5) is 11.4 Å². The first-order valence-corrected chi connectivity index (χ1v) is 12.4. The fourth-order valence-electron chi connectivity index (χ4n) is 3.61. The van der Waals surface area contributed by atoms with Gasteiger partial charge in [0.2, 0.25) is 0 Å². The summed E-state index contributed by atoms with van der Waals surface area (Å²) in [7, 11) is -0.898. The third-order valence-electron chi connectivity index (χ3n) is 5.51. The summed E-state index contributed by atoms with van der Waals surface area (Å²) in [5, 5.41) is 3.56. The van der Waals surface area contributed by atoms with Gasteiger partial charge in [-0.1, -0.05) is 43.6 Å². The zero-order chi connectivity index (χ0) is 24.2. The van der Waals surface area contributed by atoms with Gasteiger partial charge in [0, 0.05) is 23.3 Å². The van der Waals surface area contributed by atoms with E-state index >= 15 is 0 Å². The summed E-state index contributed by atoms with van der Waals surface area (Å²) in [5.74, 6) is 0.114. The van der Waals surface area contributed by atoms with Crippen molar-refractivity contribution in [1.82, 2.24) is 0 Å². The number of amides is 1. The van der Waals surface area contributed by atoms with Gasteiger partial charge in [-0.3, -0.25) is 9.10 Å². The van der Waals surface area contributed by atoms with E-state index in [1.165, 1.54) is 38.4 Å². The fourth-order valence-corrected chi connectivity index (χ4v) is 5.11. The molecule has 6 nitrogen and oxygen atoms in total. The first-order chi connectivity index (χ1) is 15.7. The number of hydrogen-bond donors (Lipinski definition) is 1. The van der Waals surface area contributed by atoms with Crippen molar-refractivity contribution >= 4 is 38.9 Å². The average Bonchev–Trinajstić information content (AvgIpc) is 2.83. The van der Waals surface area contributed by atoms with Crippen LogP contribution >= 0.6 is 11.6 Å². The molecular weight excluding hydrogens is 460 g/mol. The number of aryl methyl sites for hydroxylation is 1. The van der Waals surface area contributed by atoms with Crippen molar-refractivity contribution in [3.05, 3.63) is 82.4 Å². The van der Waals surface area contributed by atoms with Crippen LogP contribution in [0.2, 0.25) is 5.02 Å². The number of hydrogen-bond acceptors (Lipinski definition) is 4. The van der Waals surface area contributed by atoms with Gasteiger partial charge >= 0.3 is 0 Å². The Morgan fingerprint density at radius 1 is 1.00 bits per heavy atom. The molecule has 3 aromatic carbocycles. The largest absolute Gasteiger partial charge is 0.495 e. The molecule has 33 heavy (non-hydrogen) atoms. The molecule has 0 unspecified atom stereocenters. The Hall–Kier alpha value is -3.03. The summed E-state index contributed by atoms with van der Waals surface area (Å²) < 4.78 is 32.7. The molecule has 8 heteroatoms. The fraction of sp³-hybridized carbons (Fsp3) is 0.240. The number of carbonyl (C=O) groups excluding carboxylic acids is 1. The third kappa shape index (κ3) is 4.99. The molecule has 1 N–H and O–H groups in total. The number of para-hydroxylation sites is 2.